The summed E-state index contributed by atoms with van der Waals surface area (Å²) in [4.78, 5) is 2.54. The van der Waals surface area contributed by atoms with Crippen LogP contribution in [0.4, 0.5) is 0 Å². The molecular weight excluding hydrogens is 236 g/mol. The first kappa shape index (κ1) is 16.9. The van der Waals surface area contributed by atoms with Gasteiger partial charge >= 0.3 is 0 Å². The molecule has 1 N–H and O–H groups in total. The van der Waals surface area contributed by atoms with E-state index in [1.807, 2.05) is 0 Å². The summed E-state index contributed by atoms with van der Waals surface area (Å²) in [6, 6.07) is 0.673. The molecule has 3 heteroatoms. The predicted molar refractivity (Wildman–Crippen MR) is 82.6 cm³/mol. The summed E-state index contributed by atoms with van der Waals surface area (Å²) in [5, 5.41) is 3.73. The van der Waals surface area contributed by atoms with E-state index in [-0.39, 0.29) is 0 Å². The van der Waals surface area contributed by atoms with Gasteiger partial charge in [0.1, 0.15) is 0 Å². The van der Waals surface area contributed by atoms with Crippen molar-refractivity contribution in [3.8, 4) is 0 Å². The molecular formula is C16H34N2O. The van der Waals surface area contributed by atoms with Crippen molar-refractivity contribution < 1.29 is 4.74 Å². The van der Waals surface area contributed by atoms with Gasteiger partial charge in [-0.2, -0.15) is 0 Å². The number of ether oxygens (including phenoxy) is 1. The minimum absolute atomic E-state index is 0.673. The average Bonchev–Trinajstić information content (AvgIpc) is 2.46. The Morgan fingerprint density at radius 3 is 2.47 bits per heavy atom. The van der Waals surface area contributed by atoms with Crippen LogP contribution in [-0.2, 0) is 4.74 Å². The first-order chi connectivity index (χ1) is 9.31. The van der Waals surface area contributed by atoms with Crippen LogP contribution in [0, 0.1) is 5.92 Å². The van der Waals surface area contributed by atoms with E-state index in [0.29, 0.717) is 6.04 Å². The van der Waals surface area contributed by atoms with E-state index < -0.39 is 0 Å². The molecule has 1 atom stereocenters. The molecule has 1 aliphatic carbocycles. The van der Waals surface area contributed by atoms with Crippen molar-refractivity contribution in [3.63, 3.8) is 0 Å². The van der Waals surface area contributed by atoms with Gasteiger partial charge in [0.25, 0.3) is 0 Å². The fourth-order valence-corrected chi connectivity index (χ4v) is 3.17. The van der Waals surface area contributed by atoms with Crippen LogP contribution in [0.2, 0.25) is 0 Å². The monoisotopic (exact) mass is 270 g/mol. The molecule has 0 saturated heterocycles. The van der Waals surface area contributed by atoms with Gasteiger partial charge in [0.05, 0.1) is 6.61 Å². The minimum Gasteiger partial charge on any atom is -0.380 e. The van der Waals surface area contributed by atoms with E-state index in [4.69, 9.17) is 4.74 Å². The van der Waals surface area contributed by atoms with Crippen molar-refractivity contribution in [3.05, 3.63) is 0 Å². The standard InChI is InChI=1S/C16H34N2O/c1-4-17-16(15-10-8-7-9-11-15)14-18(5-2)12-13-19-6-3/h15-17H,4-14H2,1-3H3. The fraction of sp³-hybridized carbons (Fsp3) is 1.00. The van der Waals surface area contributed by atoms with Gasteiger partial charge < -0.3 is 10.1 Å². The summed E-state index contributed by atoms with van der Waals surface area (Å²) < 4.78 is 5.49. The summed E-state index contributed by atoms with van der Waals surface area (Å²) in [6.45, 7) is 12.7. The van der Waals surface area contributed by atoms with Crippen molar-refractivity contribution in [2.75, 3.05) is 39.4 Å². The molecule has 1 fully saturated rings. The van der Waals surface area contributed by atoms with Gasteiger partial charge in [-0.15, -0.1) is 0 Å². The molecule has 0 spiro atoms. The Labute approximate surface area is 120 Å². The van der Waals surface area contributed by atoms with E-state index in [2.05, 4.69) is 31.0 Å². The van der Waals surface area contributed by atoms with Gasteiger partial charge in [0, 0.05) is 25.7 Å². The van der Waals surface area contributed by atoms with E-state index in [1.165, 1.54) is 38.6 Å². The van der Waals surface area contributed by atoms with Gasteiger partial charge in [0.2, 0.25) is 0 Å². The molecule has 0 aliphatic heterocycles. The first-order valence-electron chi connectivity index (χ1n) is 8.35. The second-order valence-corrected chi connectivity index (χ2v) is 5.65. The minimum atomic E-state index is 0.673. The molecule has 1 rings (SSSR count). The summed E-state index contributed by atoms with van der Waals surface area (Å²) in [5.41, 5.74) is 0. The number of nitrogens with one attached hydrogen (secondary N) is 1. The first-order valence-corrected chi connectivity index (χ1v) is 8.35. The maximum Gasteiger partial charge on any atom is 0.0593 e. The quantitative estimate of drug-likeness (QED) is 0.618. The van der Waals surface area contributed by atoms with E-state index in [9.17, 15) is 0 Å². The van der Waals surface area contributed by atoms with E-state index in [0.717, 1.165) is 38.8 Å². The SMILES string of the molecule is CCNC(CN(CC)CCOCC)C1CCCCC1. The highest BCUT2D eigenvalue weighted by Crippen LogP contribution is 2.26. The van der Waals surface area contributed by atoms with E-state index in [1.54, 1.807) is 0 Å². The molecule has 0 amide bonds. The van der Waals surface area contributed by atoms with Gasteiger partial charge in [-0.05, 0) is 38.8 Å². The maximum absolute atomic E-state index is 5.49. The summed E-state index contributed by atoms with van der Waals surface area (Å²) >= 11 is 0. The maximum atomic E-state index is 5.49. The number of hydrogen-bond donors (Lipinski definition) is 1. The van der Waals surface area contributed by atoms with Crippen LogP contribution in [0.1, 0.15) is 52.9 Å². The lowest BCUT2D eigenvalue weighted by molar-refractivity contribution is 0.104. The number of rotatable bonds is 10. The second-order valence-electron chi connectivity index (χ2n) is 5.65. The van der Waals surface area contributed by atoms with Crippen LogP contribution in [0.3, 0.4) is 0 Å². The third kappa shape index (κ3) is 6.73. The Morgan fingerprint density at radius 2 is 1.89 bits per heavy atom. The Bertz CT molecular complexity index is 205. The molecule has 0 radical (unpaired) electrons. The highest BCUT2D eigenvalue weighted by molar-refractivity contribution is 4.81. The van der Waals surface area contributed by atoms with Crippen LogP contribution >= 0.6 is 0 Å². The normalized spacial score (nSPS) is 18.9. The smallest absolute Gasteiger partial charge is 0.0593 e. The van der Waals surface area contributed by atoms with Crippen LogP contribution < -0.4 is 5.32 Å². The van der Waals surface area contributed by atoms with Crippen LogP contribution in [0.5, 0.6) is 0 Å². The van der Waals surface area contributed by atoms with Crippen molar-refractivity contribution in [2.45, 2.75) is 58.9 Å². The van der Waals surface area contributed by atoms with Crippen molar-refractivity contribution in [2.24, 2.45) is 5.92 Å². The lowest BCUT2D eigenvalue weighted by atomic mass is 9.83. The third-order valence-electron chi connectivity index (χ3n) is 4.34. The second kappa shape index (κ2) is 10.6. The largest absolute Gasteiger partial charge is 0.380 e. The topological polar surface area (TPSA) is 24.5 Å². The predicted octanol–water partition coefficient (Wildman–Crippen LogP) is 2.90. The molecule has 1 unspecified atom stereocenters. The fourth-order valence-electron chi connectivity index (χ4n) is 3.17. The van der Waals surface area contributed by atoms with Gasteiger partial charge in [0.15, 0.2) is 0 Å². The molecule has 1 aliphatic rings. The molecule has 0 aromatic heterocycles. The molecule has 0 heterocycles. The third-order valence-corrected chi connectivity index (χ3v) is 4.34. The Kier molecular flexibility index (Phi) is 9.48. The van der Waals surface area contributed by atoms with Crippen molar-refractivity contribution >= 4 is 0 Å². The molecule has 1 saturated carbocycles. The van der Waals surface area contributed by atoms with E-state index >= 15 is 0 Å². The van der Waals surface area contributed by atoms with Crippen LogP contribution in [0.25, 0.3) is 0 Å². The van der Waals surface area contributed by atoms with Crippen molar-refractivity contribution in [1.29, 1.82) is 0 Å². The molecule has 0 aromatic carbocycles. The number of likely N-dealkylation sites (N-methyl/N-ethyl adjacent to an activating group) is 2. The Balaban J connectivity index is 2.39. The van der Waals surface area contributed by atoms with Gasteiger partial charge in [-0.3, -0.25) is 4.90 Å². The number of hydrogen-bond acceptors (Lipinski definition) is 3. The molecule has 3 nitrogen and oxygen atoms in total. The van der Waals surface area contributed by atoms with Crippen LogP contribution in [-0.4, -0.2) is 50.3 Å². The molecule has 114 valence electrons. The summed E-state index contributed by atoms with van der Waals surface area (Å²) in [7, 11) is 0. The highest BCUT2D eigenvalue weighted by Gasteiger charge is 2.24. The zero-order chi connectivity index (χ0) is 13.9. The zero-order valence-corrected chi connectivity index (χ0v) is 13.3. The highest BCUT2D eigenvalue weighted by atomic mass is 16.5. The number of nitrogens with zero attached hydrogens (tertiary/aromatic N) is 1. The van der Waals surface area contributed by atoms with Gasteiger partial charge in [-0.25, -0.2) is 0 Å². The Morgan fingerprint density at radius 1 is 1.16 bits per heavy atom. The molecule has 0 aromatic rings. The lowest BCUT2D eigenvalue weighted by Gasteiger charge is -2.34. The Hall–Kier alpha value is -0.120. The average molecular weight is 270 g/mol. The van der Waals surface area contributed by atoms with Crippen molar-refractivity contribution in [1.82, 2.24) is 10.2 Å². The lowest BCUT2D eigenvalue weighted by Crippen LogP contribution is -2.47. The van der Waals surface area contributed by atoms with Gasteiger partial charge in [-0.1, -0.05) is 33.1 Å². The summed E-state index contributed by atoms with van der Waals surface area (Å²) in [6.07, 6.45) is 7.13. The molecule has 19 heavy (non-hydrogen) atoms. The summed E-state index contributed by atoms with van der Waals surface area (Å²) in [5.74, 6) is 0.884. The molecule has 0 bridgehead atoms. The van der Waals surface area contributed by atoms with Crippen LogP contribution in [0.15, 0.2) is 0 Å². The zero-order valence-electron chi connectivity index (χ0n) is 13.3.